The Morgan fingerprint density at radius 2 is 1.94 bits per heavy atom. The molecule has 0 heterocycles. The van der Waals surface area contributed by atoms with Crippen LogP contribution in [-0.4, -0.2) is 37.0 Å². The van der Waals surface area contributed by atoms with Crippen LogP contribution in [0.15, 0.2) is 24.3 Å². The highest BCUT2D eigenvalue weighted by Crippen LogP contribution is 2.06. The Kier molecular flexibility index (Phi) is 6.16. The van der Waals surface area contributed by atoms with Crippen LogP contribution < -0.4 is 5.32 Å². The molecular formula is C14H21ClN2O. The topological polar surface area (TPSA) is 32.3 Å². The van der Waals surface area contributed by atoms with Gasteiger partial charge in [-0.15, -0.1) is 11.6 Å². The first-order valence-electron chi connectivity index (χ1n) is 6.18. The molecule has 100 valence electrons. The molecule has 1 aromatic rings. The maximum absolute atomic E-state index is 11.8. The lowest BCUT2D eigenvalue weighted by Gasteiger charge is -2.20. The van der Waals surface area contributed by atoms with Gasteiger partial charge in [0.25, 0.3) is 5.91 Å². The summed E-state index contributed by atoms with van der Waals surface area (Å²) < 4.78 is 0. The number of likely N-dealkylation sites (N-methyl/N-ethyl adjacent to an activating group) is 1. The highest BCUT2D eigenvalue weighted by atomic mass is 35.5. The van der Waals surface area contributed by atoms with Gasteiger partial charge in [0.15, 0.2) is 0 Å². The van der Waals surface area contributed by atoms with Gasteiger partial charge in [0.1, 0.15) is 0 Å². The van der Waals surface area contributed by atoms with E-state index >= 15 is 0 Å². The molecule has 1 rings (SSSR count). The van der Waals surface area contributed by atoms with Gasteiger partial charge in [-0.2, -0.15) is 0 Å². The molecule has 0 radical (unpaired) electrons. The van der Waals surface area contributed by atoms with Crippen LogP contribution in [0.25, 0.3) is 0 Å². The molecule has 1 aromatic carbocycles. The number of halogens is 1. The minimum absolute atomic E-state index is 0.0340. The SMILES string of the molecule is CC(C)N(C)CCNC(=O)c1ccc(CCl)cc1. The largest absolute Gasteiger partial charge is 0.351 e. The summed E-state index contributed by atoms with van der Waals surface area (Å²) in [5, 5.41) is 2.91. The monoisotopic (exact) mass is 268 g/mol. The van der Waals surface area contributed by atoms with E-state index in [2.05, 4.69) is 24.1 Å². The first-order valence-corrected chi connectivity index (χ1v) is 6.71. The van der Waals surface area contributed by atoms with Crippen molar-refractivity contribution in [2.75, 3.05) is 20.1 Å². The molecule has 18 heavy (non-hydrogen) atoms. The fraction of sp³-hybridized carbons (Fsp3) is 0.500. The molecule has 1 amide bonds. The molecule has 3 nitrogen and oxygen atoms in total. The number of hydrogen-bond donors (Lipinski definition) is 1. The van der Waals surface area contributed by atoms with Gasteiger partial charge in [0.05, 0.1) is 0 Å². The van der Waals surface area contributed by atoms with Gasteiger partial charge in [-0.3, -0.25) is 4.79 Å². The van der Waals surface area contributed by atoms with E-state index in [1.807, 2.05) is 19.2 Å². The minimum atomic E-state index is -0.0340. The van der Waals surface area contributed by atoms with Gasteiger partial charge in [0.2, 0.25) is 0 Å². The summed E-state index contributed by atoms with van der Waals surface area (Å²) in [5.41, 5.74) is 1.70. The van der Waals surface area contributed by atoms with E-state index in [0.717, 1.165) is 12.1 Å². The zero-order valence-electron chi connectivity index (χ0n) is 11.2. The molecule has 4 heteroatoms. The number of nitrogens with one attached hydrogen (secondary N) is 1. The number of amides is 1. The highest BCUT2D eigenvalue weighted by Gasteiger charge is 2.06. The Labute approximate surface area is 114 Å². The first kappa shape index (κ1) is 15.0. The van der Waals surface area contributed by atoms with Gasteiger partial charge < -0.3 is 10.2 Å². The summed E-state index contributed by atoms with van der Waals surface area (Å²) in [6.45, 7) is 5.77. The van der Waals surface area contributed by atoms with Crippen molar-refractivity contribution >= 4 is 17.5 Å². The molecular weight excluding hydrogens is 248 g/mol. The number of hydrogen-bond acceptors (Lipinski definition) is 2. The number of rotatable bonds is 6. The van der Waals surface area contributed by atoms with Gasteiger partial charge in [-0.05, 0) is 38.6 Å². The van der Waals surface area contributed by atoms with Crippen molar-refractivity contribution in [2.24, 2.45) is 0 Å². The van der Waals surface area contributed by atoms with Gasteiger partial charge in [-0.25, -0.2) is 0 Å². The van der Waals surface area contributed by atoms with Crippen LogP contribution in [0.2, 0.25) is 0 Å². The molecule has 0 saturated carbocycles. The molecule has 0 fully saturated rings. The van der Waals surface area contributed by atoms with E-state index < -0.39 is 0 Å². The van der Waals surface area contributed by atoms with Crippen molar-refractivity contribution in [1.29, 1.82) is 0 Å². The predicted molar refractivity (Wildman–Crippen MR) is 76.1 cm³/mol. The molecule has 0 aliphatic carbocycles. The van der Waals surface area contributed by atoms with E-state index in [0.29, 0.717) is 24.0 Å². The maximum Gasteiger partial charge on any atom is 0.251 e. The molecule has 0 aromatic heterocycles. The van der Waals surface area contributed by atoms with Crippen molar-refractivity contribution in [3.05, 3.63) is 35.4 Å². The average molecular weight is 269 g/mol. The van der Waals surface area contributed by atoms with Crippen molar-refractivity contribution < 1.29 is 4.79 Å². The van der Waals surface area contributed by atoms with Crippen LogP contribution >= 0.6 is 11.6 Å². The van der Waals surface area contributed by atoms with Crippen LogP contribution in [0.4, 0.5) is 0 Å². The Hall–Kier alpha value is -1.06. The molecule has 0 unspecified atom stereocenters. The maximum atomic E-state index is 11.8. The van der Waals surface area contributed by atoms with Crippen LogP contribution in [0.3, 0.4) is 0 Å². The second-order valence-electron chi connectivity index (χ2n) is 4.66. The molecule has 0 saturated heterocycles. The van der Waals surface area contributed by atoms with Crippen LogP contribution in [0.5, 0.6) is 0 Å². The number of benzene rings is 1. The molecule has 0 bridgehead atoms. The van der Waals surface area contributed by atoms with Crippen molar-refractivity contribution in [3.63, 3.8) is 0 Å². The molecule has 0 aliphatic heterocycles. The van der Waals surface area contributed by atoms with E-state index in [1.165, 1.54) is 0 Å². The second-order valence-corrected chi connectivity index (χ2v) is 4.93. The quantitative estimate of drug-likeness (QED) is 0.804. The minimum Gasteiger partial charge on any atom is -0.351 e. The van der Waals surface area contributed by atoms with Crippen molar-refractivity contribution in [1.82, 2.24) is 10.2 Å². The predicted octanol–water partition coefficient (Wildman–Crippen LogP) is 2.50. The summed E-state index contributed by atoms with van der Waals surface area (Å²) in [4.78, 5) is 14.0. The van der Waals surface area contributed by atoms with E-state index in [-0.39, 0.29) is 5.91 Å². The molecule has 0 spiro atoms. The fourth-order valence-corrected chi connectivity index (χ4v) is 1.63. The Bertz CT molecular complexity index is 376. The van der Waals surface area contributed by atoms with Gasteiger partial charge >= 0.3 is 0 Å². The number of carbonyl (C=O) groups is 1. The summed E-state index contributed by atoms with van der Waals surface area (Å²) in [5.74, 6) is 0.439. The van der Waals surface area contributed by atoms with Crippen LogP contribution in [0, 0.1) is 0 Å². The third kappa shape index (κ3) is 4.67. The smallest absolute Gasteiger partial charge is 0.251 e. The number of alkyl halides is 1. The number of carbonyl (C=O) groups excluding carboxylic acids is 1. The standard InChI is InChI=1S/C14H21ClN2O/c1-11(2)17(3)9-8-16-14(18)13-6-4-12(10-15)5-7-13/h4-7,11H,8-10H2,1-3H3,(H,16,18). The average Bonchev–Trinajstić information content (AvgIpc) is 2.38. The summed E-state index contributed by atoms with van der Waals surface area (Å²) >= 11 is 5.70. The van der Waals surface area contributed by atoms with Gasteiger partial charge in [-0.1, -0.05) is 12.1 Å². The molecule has 0 atom stereocenters. The van der Waals surface area contributed by atoms with Crippen LogP contribution in [-0.2, 0) is 5.88 Å². The lowest BCUT2D eigenvalue weighted by atomic mass is 10.1. The van der Waals surface area contributed by atoms with Crippen LogP contribution in [0.1, 0.15) is 29.8 Å². The third-order valence-electron chi connectivity index (χ3n) is 3.00. The number of nitrogens with zero attached hydrogens (tertiary/aromatic N) is 1. The summed E-state index contributed by atoms with van der Waals surface area (Å²) in [6.07, 6.45) is 0. The van der Waals surface area contributed by atoms with E-state index in [4.69, 9.17) is 11.6 Å². The third-order valence-corrected chi connectivity index (χ3v) is 3.31. The molecule has 1 N–H and O–H groups in total. The summed E-state index contributed by atoms with van der Waals surface area (Å²) in [7, 11) is 2.05. The zero-order chi connectivity index (χ0) is 13.5. The summed E-state index contributed by atoms with van der Waals surface area (Å²) in [6, 6.07) is 7.85. The Balaban J connectivity index is 2.40. The van der Waals surface area contributed by atoms with Crippen molar-refractivity contribution in [2.45, 2.75) is 25.8 Å². The normalized spacial score (nSPS) is 11.0. The lowest BCUT2D eigenvalue weighted by Crippen LogP contribution is -2.36. The lowest BCUT2D eigenvalue weighted by molar-refractivity contribution is 0.0948. The molecule has 0 aliphatic rings. The Morgan fingerprint density at radius 3 is 2.44 bits per heavy atom. The van der Waals surface area contributed by atoms with E-state index in [1.54, 1.807) is 12.1 Å². The van der Waals surface area contributed by atoms with Crippen molar-refractivity contribution in [3.8, 4) is 0 Å². The zero-order valence-corrected chi connectivity index (χ0v) is 12.0. The second kappa shape index (κ2) is 7.39. The first-order chi connectivity index (χ1) is 8.54. The highest BCUT2D eigenvalue weighted by molar-refractivity contribution is 6.17. The van der Waals surface area contributed by atoms with Gasteiger partial charge in [0, 0.05) is 30.6 Å². The fourth-order valence-electron chi connectivity index (χ4n) is 1.45. The Morgan fingerprint density at radius 1 is 1.33 bits per heavy atom. The van der Waals surface area contributed by atoms with E-state index in [9.17, 15) is 4.79 Å².